The van der Waals surface area contributed by atoms with Crippen LogP contribution in [0.4, 0.5) is 0 Å². The first kappa shape index (κ1) is 17.6. The molecule has 26 heavy (non-hydrogen) atoms. The number of amides is 1. The van der Waals surface area contributed by atoms with Crippen molar-refractivity contribution < 1.29 is 4.79 Å². The van der Waals surface area contributed by atoms with Crippen LogP contribution in [0.5, 0.6) is 0 Å². The van der Waals surface area contributed by atoms with Crippen LogP contribution >= 0.6 is 11.8 Å². The molecule has 0 N–H and O–H groups in total. The minimum atomic E-state index is 0.226. The molecule has 1 amide bonds. The van der Waals surface area contributed by atoms with E-state index in [0.29, 0.717) is 17.6 Å². The number of carbonyl (C=O) groups is 1. The predicted molar refractivity (Wildman–Crippen MR) is 103 cm³/mol. The summed E-state index contributed by atoms with van der Waals surface area (Å²) in [5.41, 5.74) is 1.24. The summed E-state index contributed by atoms with van der Waals surface area (Å²) in [4.78, 5) is 14.6. The predicted octanol–water partition coefficient (Wildman–Crippen LogP) is 3.55. The Labute approximate surface area is 159 Å². The fourth-order valence-electron chi connectivity index (χ4n) is 3.60. The average molecular weight is 371 g/mol. The molecule has 1 saturated carbocycles. The molecule has 0 unspecified atom stereocenters. The SMILES string of the molecule is C[C@H]1CCCN(C(=O)CSc2nnc(C3CC3)n2Cc2ccccc2)C1. The van der Waals surface area contributed by atoms with Crippen molar-refractivity contribution in [3.63, 3.8) is 0 Å². The highest BCUT2D eigenvalue weighted by Gasteiger charge is 2.31. The number of likely N-dealkylation sites (tertiary alicyclic amines) is 1. The highest BCUT2D eigenvalue weighted by molar-refractivity contribution is 7.99. The molecule has 1 aromatic heterocycles. The van der Waals surface area contributed by atoms with Gasteiger partial charge in [0.1, 0.15) is 5.82 Å². The van der Waals surface area contributed by atoms with Crippen molar-refractivity contribution in [3.8, 4) is 0 Å². The van der Waals surface area contributed by atoms with Crippen molar-refractivity contribution in [2.75, 3.05) is 18.8 Å². The Balaban J connectivity index is 1.45. The second-order valence-electron chi connectivity index (χ2n) is 7.56. The molecule has 0 spiro atoms. The molecule has 5 nitrogen and oxygen atoms in total. The molecule has 1 aliphatic carbocycles. The van der Waals surface area contributed by atoms with E-state index in [1.807, 2.05) is 11.0 Å². The van der Waals surface area contributed by atoms with Crippen LogP contribution in [0.1, 0.15) is 49.9 Å². The van der Waals surface area contributed by atoms with Crippen LogP contribution in [0.15, 0.2) is 35.5 Å². The largest absolute Gasteiger partial charge is 0.342 e. The van der Waals surface area contributed by atoms with E-state index in [9.17, 15) is 4.79 Å². The summed E-state index contributed by atoms with van der Waals surface area (Å²) in [6, 6.07) is 10.4. The second-order valence-corrected chi connectivity index (χ2v) is 8.51. The maximum atomic E-state index is 12.6. The van der Waals surface area contributed by atoms with E-state index < -0.39 is 0 Å². The summed E-state index contributed by atoms with van der Waals surface area (Å²) in [6.07, 6.45) is 4.74. The van der Waals surface area contributed by atoms with E-state index in [4.69, 9.17) is 0 Å². The van der Waals surface area contributed by atoms with E-state index in [-0.39, 0.29) is 5.91 Å². The molecule has 138 valence electrons. The summed E-state index contributed by atoms with van der Waals surface area (Å²) < 4.78 is 2.21. The summed E-state index contributed by atoms with van der Waals surface area (Å²) in [7, 11) is 0. The van der Waals surface area contributed by atoms with Gasteiger partial charge in [0.05, 0.1) is 12.3 Å². The standard InChI is InChI=1S/C20H26N4OS/c1-15-6-5-11-23(12-15)18(25)14-26-20-22-21-19(17-9-10-17)24(20)13-16-7-3-2-4-8-16/h2-4,7-8,15,17H,5-6,9-14H2,1H3/t15-/m0/s1. The molecule has 2 aliphatic rings. The normalized spacial score (nSPS) is 20.3. The van der Waals surface area contributed by atoms with E-state index >= 15 is 0 Å². The summed E-state index contributed by atoms with van der Waals surface area (Å²) >= 11 is 1.53. The van der Waals surface area contributed by atoms with Gasteiger partial charge in [-0.2, -0.15) is 0 Å². The number of rotatable bonds is 6. The first-order chi connectivity index (χ1) is 12.7. The van der Waals surface area contributed by atoms with Gasteiger partial charge in [0.25, 0.3) is 0 Å². The lowest BCUT2D eigenvalue weighted by atomic mass is 10.0. The molecule has 1 aromatic carbocycles. The molecule has 1 aliphatic heterocycles. The molecule has 2 aromatic rings. The second kappa shape index (κ2) is 7.82. The zero-order valence-corrected chi connectivity index (χ0v) is 16.1. The van der Waals surface area contributed by atoms with Gasteiger partial charge in [0.15, 0.2) is 5.16 Å². The number of aromatic nitrogens is 3. The van der Waals surface area contributed by atoms with E-state index in [0.717, 1.165) is 37.0 Å². The highest BCUT2D eigenvalue weighted by Crippen LogP contribution is 2.40. The topological polar surface area (TPSA) is 51.0 Å². The highest BCUT2D eigenvalue weighted by atomic mass is 32.2. The van der Waals surface area contributed by atoms with Gasteiger partial charge in [-0.15, -0.1) is 10.2 Å². The molecule has 6 heteroatoms. The Bertz CT molecular complexity index is 756. The average Bonchev–Trinajstić information content (AvgIpc) is 3.43. The third kappa shape index (κ3) is 4.11. The van der Waals surface area contributed by atoms with Crippen LogP contribution in [-0.2, 0) is 11.3 Å². The third-order valence-corrected chi connectivity index (χ3v) is 6.16. The molecule has 0 bridgehead atoms. The monoisotopic (exact) mass is 370 g/mol. The summed E-state index contributed by atoms with van der Waals surface area (Å²) in [5.74, 6) is 2.91. The zero-order valence-electron chi connectivity index (χ0n) is 15.3. The smallest absolute Gasteiger partial charge is 0.233 e. The fraction of sp³-hybridized carbons (Fsp3) is 0.550. The van der Waals surface area contributed by atoms with Crippen molar-refractivity contribution in [2.45, 2.75) is 50.2 Å². The number of thioether (sulfide) groups is 1. The minimum Gasteiger partial charge on any atom is -0.342 e. The van der Waals surface area contributed by atoms with Gasteiger partial charge < -0.3 is 9.47 Å². The van der Waals surface area contributed by atoms with E-state index in [2.05, 4.69) is 46.0 Å². The van der Waals surface area contributed by atoms with E-state index in [1.54, 1.807) is 0 Å². The molecule has 2 heterocycles. The van der Waals surface area contributed by atoms with Gasteiger partial charge in [0.2, 0.25) is 5.91 Å². The lowest BCUT2D eigenvalue weighted by Crippen LogP contribution is -2.40. The van der Waals surface area contributed by atoms with Crippen LogP contribution in [0.25, 0.3) is 0 Å². The van der Waals surface area contributed by atoms with Gasteiger partial charge in [-0.1, -0.05) is 49.0 Å². The third-order valence-electron chi connectivity index (χ3n) is 5.21. The van der Waals surface area contributed by atoms with Gasteiger partial charge in [-0.3, -0.25) is 4.79 Å². The molecule has 2 fully saturated rings. The van der Waals surface area contributed by atoms with Crippen molar-refractivity contribution in [1.29, 1.82) is 0 Å². The number of benzene rings is 1. The van der Waals surface area contributed by atoms with Crippen LogP contribution in [0.2, 0.25) is 0 Å². The van der Waals surface area contributed by atoms with Crippen LogP contribution < -0.4 is 0 Å². The Morgan fingerprint density at radius 1 is 1.19 bits per heavy atom. The van der Waals surface area contributed by atoms with Crippen LogP contribution in [-0.4, -0.2) is 44.4 Å². The van der Waals surface area contributed by atoms with Crippen molar-refractivity contribution in [1.82, 2.24) is 19.7 Å². The van der Waals surface area contributed by atoms with Gasteiger partial charge >= 0.3 is 0 Å². The Morgan fingerprint density at radius 2 is 2.00 bits per heavy atom. The molecular weight excluding hydrogens is 344 g/mol. The maximum absolute atomic E-state index is 12.6. The molecule has 1 atom stereocenters. The Hall–Kier alpha value is -1.82. The van der Waals surface area contributed by atoms with Crippen LogP contribution in [0, 0.1) is 5.92 Å². The Kier molecular flexibility index (Phi) is 5.29. The number of carbonyl (C=O) groups excluding carboxylic acids is 1. The number of piperidine rings is 1. The zero-order chi connectivity index (χ0) is 17.9. The van der Waals surface area contributed by atoms with Crippen molar-refractivity contribution in [3.05, 3.63) is 41.7 Å². The van der Waals surface area contributed by atoms with E-state index in [1.165, 1.54) is 36.6 Å². The molecule has 1 saturated heterocycles. The lowest BCUT2D eigenvalue weighted by Gasteiger charge is -2.30. The minimum absolute atomic E-state index is 0.226. The van der Waals surface area contributed by atoms with Gasteiger partial charge in [-0.05, 0) is 37.2 Å². The van der Waals surface area contributed by atoms with Gasteiger partial charge in [0, 0.05) is 19.0 Å². The molecule has 4 rings (SSSR count). The quantitative estimate of drug-likeness (QED) is 0.730. The Morgan fingerprint density at radius 3 is 2.73 bits per heavy atom. The van der Waals surface area contributed by atoms with Crippen molar-refractivity contribution in [2.24, 2.45) is 5.92 Å². The lowest BCUT2D eigenvalue weighted by molar-refractivity contribution is -0.130. The first-order valence-corrected chi connectivity index (χ1v) is 10.6. The van der Waals surface area contributed by atoms with Crippen LogP contribution in [0.3, 0.4) is 0 Å². The number of hydrogen-bond acceptors (Lipinski definition) is 4. The summed E-state index contributed by atoms with van der Waals surface area (Å²) in [6.45, 7) is 4.79. The number of hydrogen-bond donors (Lipinski definition) is 0. The fourth-order valence-corrected chi connectivity index (χ4v) is 4.45. The first-order valence-electron chi connectivity index (χ1n) is 9.58. The van der Waals surface area contributed by atoms with Crippen molar-refractivity contribution >= 4 is 17.7 Å². The molecular formula is C20H26N4OS. The van der Waals surface area contributed by atoms with Gasteiger partial charge in [-0.25, -0.2) is 0 Å². The number of nitrogens with zero attached hydrogens (tertiary/aromatic N) is 4. The maximum Gasteiger partial charge on any atom is 0.233 e. The molecule has 0 radical (unpaired) electrons. The summed E-state index contributed by atoms with van der Waals surface area (Å²) in [5, 5.41) is 9.72.